The second kappa shape index (κ2) is 7.28. The third-order valence-corrected chi connectivity index (χ3v) is 5.22. The van der Waals surface area contributed by atoms with E-state index in [-0.39, 0.29) is 11.5 Å². The summed E-state index contributed by atoms with van der Waals surface area (Å²) in [7, 11) is 1.74. The van der Waals surface area contributed by atoms with Crippen LogP contribution in [0, 0.1) is 11.3 Å². The van der Waals surface area contributed by atoms with Crippen LogP contribution in [0.25, 0.3) is 11.0 Å². The largest absolute Gasteiger partial charge is 0.312 e. The molecule has 1 aromatic heterocycles. The van der Waals surface area contributed by atoms with Gasteiger partial charge in [-0.15, -0.1) is 0 Å². The number of nitrogens with zero attached hydrogens (tertiary/aromatic N) is 4. The van der Waals surface area contributed by atoms with Crippen LogP contribution in [0.4, 0.5) is 5.69 Å². The fourth-order valence-corrected chi connectivity index (χ4v) is 3.63. The predicted molar refractivity (Wildman–Crippen MR) is 107 cm³/mol. The van der Waals surface area contributed by atoms with Crippen molar-refractivity contribution in [3.63, 3.8) is 0 Å². The number of benzene rings is 2. The number of anilines is 1. The molecule has 0 saturated carbocycles. The summed E-state index contributed by atoms with van der Waals surface area (Å²) >= 11 is 0. The molecule has 6 nitrogen and oxygen atoms in total. The first-order chi connectivity index (χ1) is 13.6. The van der Waals surface area contributed by atoms with E-state index in [1.165, 1.54) is 0 Å². The molecule has 2 heterocycles. The number of fused-ring (bicyclic) bond motifs is 1. The number of carbonyl (C=O) groups is 1. The van der Waals surface area contributed by atoms with E-state index in [2.05, 4.69) is 11.1 Å². The minimum atomic E-state index is -0.140. The van der Waals surface area contributed by atoms with E-state index in [0.717, 1.165) is 29.6 Å². The highest BCUT2D eigenvalue weighted by Crippen LogP contribution is 2.24. The minimum absolute atomic E-state index is 0.133. The third-order valence-electron chi connectivity index (χ3n) is 5.22. The molecule has 4 rings (SSSR count). The summed E-state index contributed by atoms with van der Waals surface area (Å²) in [5.41, 5.74) is 4.07. The molecule has 1 amide bonds. The minimum Gasteiger partial charge on any atom is -0.312 e. The van der Waals surface area contributed by atoms with Crippen LogP contribution in [-0.2, 0) is 18.3 Å². The van der Waals surface area contributed by atoms with E-state index in [1.807, 2.05) is 30.3 Å². The van der Waals surface area contributed by atoms with Gasteiger partial charge in [-0.2, -0.15) is 5.26 Å². The Balaban J connectivity index is 1.74. The first-order valence-corrected chi connectivity index (χ1v) is 9.36. The van der Waals surface area contributed by atoms with Crippen molar-refractivity contribution in [1.29, 1.82) is 5.26 Å². The van der Waals surface area contributed by atoms with Crippen LogP contribution >= 0.6 is 0 Å². The van der Waals surface area contributed by atoms with Crippen molar-refractivity contribution < 1.29 is 4.79 Å². The summed E-state index contributed by atoms with van der Waals surface area (Å²) in [6.07, 6.45) is 2.89. The van der Waals surface area contributed by atoms with Gasteiger partial charge in [-0.3, -0.25) is 9.59 Å². The van der Waals surface area contributed by atoms with Crippen molar-refractivity contribution in [1.82, 2.24) is 9.55 Å². The highest BCUT2D eigenvalue weighted by Gasteiger charge is 2.20. The lowest BCUT2D eigenvalue weighted by Crippen LogP contribution is -2.35. The lowest BCUT2D eigenvalue weighted by Gasteiger charge is -2.27. The number of nitriles is 1. The Morgan fingerprint density at radius 1 is 1.11 bits per heavy atom. The first-order valence-electron chi connectivity index (χ1n) is 9.36. The van der Waals surface area contributed by atoms with Gasteiger partial charge in [-0.05, 0) is 48.7 Å². The summed E-state index contributed by atoms with van der Waals surface area (Å²) in [6.45, 7) is 0.716. The molecule has 0 bridgehead atoms. The molecule has 28 heavy (non-hydrogen) atoms. The number of aromatic nitrogens is 2. The molecule has 140 valence electrons. The van der Waals surface area contributed by atoms with Gasteiger partial charge in [0.25, 0.3) is 5.56 Å². The van der Waals surface area contributed by atoms with Crippen LogP contribution in [0.15, 0.2) is 47.3 Å². The van der Waals surface area contributed by atoms with E-state index in [1.54, 1.807) is 28.6 Å². The summed E-state index contributed by atoms with van der Waals surface area (Å²) in [5.74, 6) is 0.133. The van der Waals surface area contributed by atoms with Crippen LogP contribution in [0.3, 0.4) is 0 Å². The number of aryl methyl sites for hydroxylation is 1. The molecule has 1 fully saturated rings. The fourth-order valence-electron chi connectivity index (χ4n) is 3.63. The molecule has 1 saturated heterocycles. The lowest BCUT2D eigenvalue weighted by molar-refractivity contribution is -0.119. The average molecular weight is 372 g/mol. The number of hydrogen-bond donors (Lipinski definition) is 0. The number of amides is 1. The first kappa shape index (κ1) is 17.9. The van der Waals surface area contributed by atoms with Gasteiger partial charge in [0.2, 0.25) is 5.91 Å². The van der Waals surface area contributed by atoms with Crippen LogP contribution in [0.1, 0.15) is 36.1 Å². The van der Waals surface area contributed by atoms with Crippen LogP contribution in [-0.4, -0.2) is 22.0 Å². The second-order valence-electron chi connectivity index (χ2n) is 7.08. The molecule has 6 heteroatoms. The van der Waals surface area contributed by atoms with Gasteiger partial charge in [-0.25, -0.2) is 4.98 Å². The van der Waals surface area contributed by atoms with E-state index in [0.29, 0.717) is 36.2 Å². The lowest BCUT2D eigenvalue weighted by atomic mass is 10.1. The zero-order chi connectivity index (χ0) is 19.7. The maximum absolute atomic E-state index is 12.7. The van der Waals surface area contributed by atoms with Gasteiger partial charge in [0.15, 0.2) is 0 Å². The molecular formula is C22H20N4O2. The van der Waals surface area contributed by atoms with Gasteiger partial charge in [0.1, 0.15) is 5.69 Å². The number of rotatable bonds is 3. The van der Waals surface area contributed by atoms with Crippen LogP contribution < -0.4 is 10.5 Å². The second-order valence-corrected chi connectivity index (χ2v) is 7.08. The summed E-state index contributed by atoms with van der Waals surface area (Å²) in [6, 6.07) is 14.9. The number of piperidine rings is 1. The molecule has 3 aromatic rings. The SMILES string of the molecule is Cn1c(=O)c(Cc2ccc(C#N)cc2)nc2cc(N3CCCCC3=O)ccc21. The molecule has 1 aliphatic heterocycles. The zero-order valence-corrected chi connectivity index (χ0v) is 15.7. The highest BCUT2D eigenvalue weighted by molar-refractivity contribution is 5.95. The van der Waals surface area contributed by atoms with E-state index < -0.39 is 0 Å². The maximum Gasteiger partial charge on any atom is 0.272 e. The van der Waals surface area contributed by atoms with Crippen molar-refractivity contribution in [2.75, 3.05) is 11.4 Å². The molecule has 0 spiro atoms. The van der Waals surface area contributed by atoms with E-state index in [4.69, 9.17) is 5.26 Å². The topological polar surface area (TPSA) is 79.0 Å². The molecule has 0 radical (unpaired) electrons. The number of carbonyl (C=O) groups excluding carboxylic acids is 1. The Morgan fingerprint density at radius 3 is 2.61 bits per heavy atom. The van der Waals surface area contributed by atoms with Crippen molar-refractivity contribution in [2.24, 2.45) is 7.05 Å². The molecule has 0 aliphatic carbocycles. The molecule has 0 N–H and O–H groups in total. The Hall–Kier alpha value is -3.46. The van der Waals surface area contributed by atoms with Gasteiger partial charge in [-0.1, -0.05) is 12.1 Å². The van der Waals surface area contributed by atoms with E-state index in [9.17, 15) is 9.59 Å². The zero-order valence-electron chi connectivity index (χ0n) is 15.7. The summed E-state index contributed by atoms with van der Waals surface area (Å²) < 4.78 is 1.60. The normalized spacial score (nSPS) is 14.3. The quantitative estimate of drug-likeness (QED) is 0.708. The van der Waals surface area contributed by atoms with Gasteiger partial charge >= 0.3 is 0 Å². The molecule has 0 unspecified atom stereocenters. The van der Waals surface area contributed by atoms with Gasteiger partial charge in [0, 0.05) is 32.1 Å². The van der Waals surface area contributed by atoms with Crippen molar-refractivity contribution in [3.8, 4) is 6.07 Å². The number of hydrogen-bond acceptors (Lipinski definition) is 4. The predicted octanol–water partition coefficient (Wildman–Crippen LogP) is 2.91. The Morgan fingerprint density at radius 2 is 1.89 bits per heavy atom. The Labute approximate surface area is 162 Å². The third kappa shape index (κ3) is 3.27. The monoisotopic (exact) mass is 372 g/mol. The molecule has 1 aliphatic rings. The van der Waals surface area contributed by atoms with Gasteiger partial charge < -0.3 is 9.47 Å². The molecule has 2 aromatic carbocycles. The Kier molecular flexibility index (Phi) is 4.66. The maximum atomic E-state index is 12.7. The smallest absolute Gasteiger partial charge is 0.272 e. The van der Waals surface area contributed by atoms with Gasteiger partial charge in [0.05, 0.1) is 22.7 Å². The van der Waals surface area contributed by atoms with Crippen LogP contribution in [0.5, 0.6) is 0 Å². The fraction of sp³-hybridized carbons (Fsp3) is 0.273. The Bertz CT molecular complexity index is 1160. The highest BCUT2D eigenvalue weighted by atomic mass is 16.2. The molecular weight excluding hydrogens is 352 g/mol. The van der Waals surface area contributed by atoms with Crippen molar-refractivity contribution >= 4 is 22.6 Å². The van der Waals surface area contributed by atoms with Crippen molar-refractivity contribution in [3.05, 3.63) is 69.6 Å². The van der Waals surface area contributed by atoms with Crippen LogP contribution in [0.2, 0.25) is 0 Å². The van der Waals surface area contributed by atoms with E-state index >= 15 is 0 Å². The van der Waals surface area contributed by atoms with Crippen molar-refractivity contribution in [2.45, 2.75) is 25.7 Å². The summed E-state index contributed by atoms with van der Waals surface area (Å²) in [5, 5.41) is 8.93. The molecule has 0 atom stereocenters. The average Bonchev–Trinajstić information content (AvgIpc) is 2.72. The standard InChI is InChI=1S/C22H20N4O2/c1-25-20-10-9-17(26-11-3-2-4-21(26)27)13-18(20)24-19(22(25)28)12-15-5-7-16(14-23)8-6-15/h5-10,13H,2-4,11-12H2,1H3. The summed E-state index contributed by atoms with van der Waals surface area (Å²) in [4.78, 5) is 31.4.